The molecule has 0 bridgehead atoms. The van der Waals surface area contributed by atoms with Gasteiger partial charge in [0.15, 0.2) is 0 Å². The molecule has 0 spiro atoms. The standard InChI is InChI=1S/C18H30N2O5/c1-12(2)11-14(16(22)24-7)19(6)15(21)13-9-8-10-20(13)17(23)25-18(3,4)5/h8-9,12-14H,10-11H2,1-7H3/t13-,14?/m0/s1. The molecule has 0 aromatic rings. The number of rotatable bonds is 5. The molecule has 0 radical (unpaired) electrons. The van der Waals surface area contributed by atoms with Crippen LogP contribution in [0.1, 0.15) is 41.0 Å². The first-order chi connectivity index (χ1) is 11.5. The van der Waals surface area contributed by atoms with Crippen molar-refractivity contribution in [2.24, 2.45) is 5.92 Å². The highest BCUT2D eigenvalue weighted by Crippen LogP contribution is 2.20. The average molecular weight is 354 g/mol. The second-order valence-corrected chi connectivity index (χ2v) is 7.62. The molecule has 7 nitrogen and oxygen atoms in total. The fraction of sp³-hybridized carbons (Fsp3) is 0.722. The largest absolute Gasteiger partial charge is 0.467 e. The maximum Gasteiger partial charge on any atom is 0.411 e. The fourth-order valence-corrected chi connectivity index (χ4v) is 2.60. The molecule has 1 aliphatic rings. The van der Waals surface area contributed by atoms with E-state index in [1.165, 1.54) is 16.9 Å². The third-order valence-electron chi connectivity index (χ3n) is 3.82. The number of hydrogen-bond donors (Lipinski definition) is 0. The van der Waals surface area contributed by atoms with Crippen molar-refractivity contribution < 1.29 is 23.9 Å². The quantitative estimate of drug-likeness (QED) is 0.559. The van der Waals surface area contributed by atoms with Crippen molar-refractivity contribution in [1.82, 2.24) is 9.80 Å². The highest BCUT2D eigenvalue weighted by atomic mass is 16.6. The Morgan fingerprint density at radius 3 is 2.36 bits per heavy atom. The lowest BCUT2D eigenvalue weighted by Gasteiger charge is -2.33. The molecule has 1 rings (SSSR count). The first-order valence-corrected chi connectivity index (χ1v) is 8.48. The summed E-state index contributed by atoms with van der Waals surface area (Å²) < 4.78 is 10.2. The molecule has 0 N–H and O–H groups in total. The molecule has 0 aromatic carbocycles. The topological polar surface area (TPSA) is 76.2 Å². The highest BCUT2D eigenvalue weighted by Gasteiger charge is 2.38. The van der Waals surface area contributed by atoms with Crippen LogP contribution < -0.4 is 0 Å². The van der Waals surface area contributed by atoms with E-state index >= 15 is 0 Å². The van der Waals surface area contributed by atoms with Gasteiger partial charge in [-0.2, -0.15) is 0 Å². The third-order valence-corrected chi connectivity index (χ3v) is 3.82. The Hall–Kier alpha value is -2.05. The van der Waals surface area contributed by atoms with Crippen molar-refractivity contribution in [1.29, 1.82) is 0 Å². The molecule has 0 saturated carbocycles. The predicted molar refractivity (Wildman–Crippen MR) is 93.9 cm³/mol. The van der Waals surface area contributed by atoms with E-state index in [1.54, 1.807) is 40.0 Å². The van der Waals surface area contributed by atoms with Gasteiger partial charge in [-0.1, -0.05) is 26.0 Å². The minimum Gasteiger partial charge on any atom is -0.467 e. The van der Waals surface area contributed by atoms with Gasteiger partial charge in [0, 0.05) is 13.6 Å². The van der Waals surface area contributed by atoms with Crippen molar-refractivity contribution in [3.63, 3.8) is 0 Å². The lowest BCUT2D eigenvalue weighted by Crippen LogP contribution is -2.52. The average Bonchev–Trinajstić information content (AvgIpc) is 2.98. The minimum absolute atomic E-state index is 0.209. The Kier molecular flexibility index (Phi) is 7.02. The van der Waals surface area contributed by atoms with E-state index in [4.69, 9.17) is 9.47 Å². The van der Waals surface area contributed by atoms with Crippen LogP contribution in [0.25, 0.3) is 0 Å². The van der Waals surface area contributed by atoms with E-state index < -0.39 is 29.7 Å². The van der Waals surface area contributed by atoms with Gasteiger partial charge in [-0.15, -0.1) is 0 Å². The molecule has 1 heterocycles. The van der Waals surface area contributed by atoms with Gasteiger partial charge in [0.2, 0.25) is 5.91 Å². The molecule has 142 valence electrons. The van der Waals surface area contributed by atoms with E-state index in [-0.39, 0.29) is 11.8 Å². The lowest BCUT2D eigenvalue weighted by molar-refractivity contribution is -0.153. The van der Waals surface area contributed by atoms with Crippen LogP contribution in [0.3, 0.4) is 0 Å². The summed E-state index contributed by atoms with van der Waals surface area (Å²) in [5.41, 5.74) is -0.647. The van der Waals surface area contributed by atoms with Crippen LogP contribution in [0.5, 0.6) is 0 Å². The van der Waals surface area contributed by atoms with Gasteiger partial charge in [0.05, 0.1) is 7.11 Å². The summed E-state index contributed by atoms with van der Waals surface area (Å²) in [4.78, 5) is 40.0. The van der Waals surface area contributed by atoms with Crippen LogP contribution in [0.15, 0.2) is 12.2 Å². The van der Waals surface area contributed by atoms with Gasteiger partial charge >= 0.3 is 12.1 Å². The van der Waals surface area contributed by atoms with Crippen molar-refractivity contribution in [3.8, 4) is 0 Å². The lowest BCUT2D eigenvalue weighted by atomic mass is 10.0. The van der Waals surface area contributed by atoms with Crippen molar-refractivity contribution in [2.75, 3.05) is 20.7 Å². The molecule has 1 unspecified atom stereocenters. The zero-order chi connectivity index (χ0) is 19.4. The van der Waals surface area contributed by atoms with E-state index in [2.05, 4.69) is 0 Å². The van der Waals surface area contributed by atoms with Gasteiger partial charge in [0.25, 0.3) is 0 Å². The second-order valence-electron chi connectivity index (χ2n) is 7.62. The Labute approximate surface area is 149 Å². The van der Waals surface area contributed by atoms with Crippen LogP contribution in [0, 0.1) is 5.92 Å². The van der Waals surface area contributed by atoms with Gasteiger partial charge in [-0.3, -0.25) is 9.69 Å². The fourth-order valence-electron chi connectivity index (χ4n) is 2.60. The zero-order valence-corrected chi connectivity index (χ0v) is 16.2. The molecule has 2 amide bonds. The van der Waals surface area contributed by atoms with Crippen LogP contribution >= 0.6 is 0 Å². The van der Waals surface area contributed by atoms with E-state index in [0.717, 1.165) is 0 Å². The smallest absolute Gasteiger partial charge is 0.411 e. The van der Waals surface area contributed by atoms with Gasteiger partial charge in [-0.05, 0) is 33.1 Å². The van der Waals surface area contributed by atoms with Gasteiger partial charge in [0.1, 0.15) is 17.7 Å². The number of amides is 2. The van der Waals surface area contributed by atoms with Crippen LogP contribution in [0.4, 0.5) is 4.79 Å². The van der Waals surface area contributed by atoms with E-state index in [0.29, 0.717) is 13.0 Å². The number of esters is 1. The van der Waals surface area contributed by atoms with Gasteiger partial charge < -0.3 is 14.4 Å². The summed E-state index contributed by atoms with van der Waals surface area (Å²) in [6.07, 6.45) is 3.34. The van der Waals surface area contributed by atoms with Gasteiger partial charge in [-0.25, -0.2) is 9.59 Å². The molecule has 25 heavy (non-hydrogen) atoms. The first kappa shape index (κ1) is 21.0. The maximum absolute atomic E-state index is 12.9. The molecule has 0 aromatic heterocycles. The molecule has 0 aliphatic carbocycles. The Bertz CT molecular complexity index is 536. The van der Waals surface area contributed by atoms with Crippen molar-refractivity contribution in [3.05, 3.63) is 12.2 Å². The monoisotopic (exact) mass is 354 g/mol. The molecule has 0 fully saturated rings. The summed E-state index contributed by atoms with van der Waals surface area (Å²) in [6.45, 7) is 9.55. The predicted octanol–water partition coefficient (Wildman–Crippen LogP) is 2.21. The maximum atomic E-state index is 12.9. The molecular formula is C18H30N2O5. The van der Waals surface area contributed by atoms with Crippen molar-refractivity contribution in [2.45, 2.75) is 58.7 Å². The summed E-state index contributed by atoms with van der Waals surface area (Å²) in [5.74, 6) is -0.591. The molecule has 7 heteroatoms. The molecule has 2 atom stereocenters. The number of ether oxygens (including phenoxy) is 2. The second kappa shape index (κ2) is 8.36. The SMILES string of the molecule is COC(=O)C(CC(C)C)N(C)C(=O)[C@@H]1C=CCN1C(=O)OC(C)(C)C. The number of hydrogen-bond acceptors (Lipinski definition) is 5. The number of likely N-dealkylation sites (N-methyl/N-ethyl adjacent to an activating group) is 1. The van der Waals surface area contributed by atoms with Crippen LogP contribution in [0.2, 0.25) is 0 Å². The molecule has 1 aliphatic heterocycles. The number of carbonyl (C=O) groups is 3. The number of carbonyl (C=O) groups excluding carboxylic acids is 3. The zero-order valence-electron chi connectivity index (χ0n) is 16.2. The molecular weight excluding hydrogens is 324 g/mol. The Morgan fingerprint density at radius 2 is 1.88 bits per heavy atom. The third kappa shape index (κ3) is 5.76. The number of methoxy groups -OCH3 is 1. The van der Waals surface area contributed by atoms with E-state index in [9.17, 15) is 14.4 Å². The summed E-state index contributed by atoms with van der Waals surface area (Å²) in [7, 11) is 2.86. The number of nitrogens with zero attached hydrogens (tertiary/aromatic N) is 2. The molecule has 0 saturated heterocycles. The summed E-state index contributed by atoms with van der Waals surface area (Å²) >= 11 is 0. The normalized spacial score (nSPS) is 18.2. The minimum atomic E-state index is -0.779. The Balaban J connectivity index is 2.92. The van der Waals surface area contributed by atoms with E-state index in [1.807, 2.05) is 13.8 Å². The van der Waals surface area contributed by atoms with Crippen LogP contribution in [-0.4, -0.2) is 66.2 Å². The first-order valence-electron chi connectivity index (χ1n) is 8.48. The summed E-state index contributed by atoms with van der Waals surface area (Å²) in [6, 6.07) is -1.47. The summed E-state index contributed by atoms with van der Waals surface area (Å²) in [5, 5.41) is 0. The Morgan fingerprint density at radius 1 is 1.28 bits per heavy atom. The van der Waals surface area contributed by atoms with Crippen molar-refractivity contribution >= 4 is 18.0 Å². The highest BCUT2D eigenvalue weighted by molar-refractivity contribution is 5.91. The van der Waals surface area contributed by atoms with Crippen LogP contribution in [-0.2, 0) is 19.1 Å².